The molecular weight excluding hydrogens is 823 g/mol. The van der Waals surface area contributed by atoms with E-state index in [1.807, 2.05) is 60.7 Å². The number of aromatic nitrogens is 1. The van der Waals surface area contributed by atoms with Gasteiger partial charge in [-0.25, -0.2) is 9.69 Å². The van der Waals surface area contributed by atoms with Gasteiger partial charge in [-0.05, 0) is 87.0 Å². The predicted octanol–water partition coefficient (Wildman–Crippen LogP) is 14.1. The van der Waals surface area contributed by atoms with E-state index < -0.39 is 8.07 Å². The van der Waals surface area contributed by atoms with Gasteiger partial charge in [-0.2, -0.15) is 0 Å². The number of para-hydroxylation sites is 2. The van der Waals surface area contributed by atoms with E-state index in [9.17, 15) is 0 Å². The summed E-state index contributed by atoms with van der Waals surface area (Å²) in [4.78, 5) is 7.56. The van der Waals surface area contributed by atoms with E-state index in [0.29, 0.717) is 11.4 Å². The van der Waals surface area contributed by atoms with Crippen LogP contribution in [0.25, 0.3) is 103 Å². The van der Waals surface area contributed by atoms with Gasteiger partial charge in [-0.1, -0.05) is 145 Å². The van der Waals surface area contributed by atoms with Crippen LogP contribution < -0.4 is 15.6 Å². The van der Waals surface area contributed by atoms with Gasteiger partial charge in [0, 0.05) is 48.7 Å². The molecule has 0 atom stereocenters. The molecular formula is C60H33N3O2Si. The molecule has 0 aliphatic carbocycles. The molecule has 3 heterocycles. The summed E-state index contributed by atoms with van der Waals surface area (Å²) < 4.78 is 15.1. The number of benzene rings is 10. The van der Waals surface area contributed by atoms with Gasteiger partial charge in [0.25, 0.3) is 0 Å². The van der Waals surface area contributed by atoms with E-state index in [1.165, 1.54) is 5.19 Å². The summed E-state index contributed by atoms with van der Waals surface area (Å²) in [6.07, 6.45) is 0. The Morgan fingerprint density at radius 1 is 0.379 bits per heavy atom. The third kappa shape index (κ3) is 5.46. The topological polar surface area (TPSA) is 39.9 Å². The molecule has 66 heavy (non-hydrogen) atoms. The van der Waals surface area contributed by atoms with Crippen LogP contribution in [0.3, 0.4) is 0 Å². The Morgan fingerprint density at radius 2 is 0.818 bits per heavy atom. The monoisotopic (exact) mass is 855 g/mol. The van der Waals surface area contributed by atoms with Crippen LogP contribution in [0.2, 0.25) is 0 Å². The summed E-state index contributed by atoms with van der Waals surface area (Å²) in [6.45, 7) is 15.7. The van der Waals surface area contributed by atoms with Gasteiger partial charge in [0.15, 0.2) is 11.4 Å². The smallest absolute Gasteiger partial charge is 0.230 e. The Hall–Kier alpha value is -9.12. The van der Waals surface area contributed by atoms with E-state index in [4.69, 9.17) is 22.0 Å². The Bertz CT molecular complexity index is 4100. The molecule has 0 aliphatic heterocycles. The Morgan fingerprint density at radius 3 is 1.32 bits per heavy atom. The fourth-order valence-corrected chi connectivity index (χ4v) is 14.2. The second-order valence-corrected chi connectivity index (χ2v) is 20.2. The van der Waals surface area contributed by atoms with Crippen LogP contribution >= 0.6 is 0 Å². The second kappa shape index (κ2) is 14.5. The van der Waals surface area contributed by atoms with Crippen molar-refractivity contribution in [1.82, 2.24) is 4.57 Å². The molecule has 6 heteroatoms. The number of furan rings is 2. The lowest BCUT2D eigenvalue weighted by molar-refractivity contribution is 0.668. The molecule has 0 saturated carbocycles. The summed E-state index contributed by atoms with van der Waals surface area (Å²) >= 11 is 0. The van der Waals surface area contributed by atoms with Crippen LogP contribution in [0.15, 0.2) is 209 Å². The van der Waals surface area contributed by atoms with Crippen molar-refractivity contribution in [3.05, 3.63) is 229 Å². The lowest BCUT2D eigenvalue weighted by atomic mass is 9.95. The molecule has 0 aliphatic rings. The maximum absolute atomic E-state index is 7.84. The Kier molecular flexibility index (Phi) is 8.20. The van der Waals surface area contributed by atoms with E-state index in [1.54, 1.807) is 0 Å². The highest BCUT2D eigenvalue weighted by Gasteiger charge is 2.40. The predicted molar refractivity (Wildman–Crippen MR) is 274 cm³/mol. The maximum Gasteiger partial charge on any atom is 0.230 e. The highest BCUT2D eigenvalue weighted by molar-refractivity contribution is 7.17. The Balaban J connectivity index is 1.15. The highest BCUT2D eigenvalue weighted by atomic mass is 28.3. The van der Waals surface area contributed by atoms with Crippen molar-refractivity contribution in [2.24, 2.45) is 0 Å². The van der Waals surface area contributed by atoms with Crippen molar-refractivity contribution >= 4 is 122 Å². The number of hydrogen-bond acceptors (Lipinski definition) is 2. The van der Waals surface area contributed by atoms with Gasteiger partial charge in [0.05, 0.1) is 29.9 Å². The lowest BCUT2D eigenvalue weighted by Gasteiger charge is -2.28. The minimum Gasteiger partial charge on any atom is -0.456 e. The fourth-order valence-electron chi connectivity index (χ4n) is 10.3. The number of fused-ring (bicyclic) bond motifs is 11. The molecule has 0 amide bonds. The zero-order valence-electron chi connectivity index (χ0n) is 35.2. The first-order chi connectivity index (χ1) is 32.6. The molecule has 0 radical (unpaired) electrons. The highest BCUT2D eigenvalue weighted by Crippen LogP contribution is 2.42. The normalized spacial score (nSPS) is 11.8. The number of rotatable bonds is 4. The van der Waals surface area contributed by atoms with Crippen molar-refractivity contribution in [2.45, 2.75) is 0 Å². The molecule has 0 N–H and O–H groups in total. The van der Waals surface area contributed by atoms with Crippen LogP contribution in [0, 0.1) is 24.6 Å². The minimum atomic E-state index is -3.29. The summed E-state index contributed by atoms with van der Waals surface area (Å²) in [5.74, 6) is 3.99. The maximum atomic E-state index is 7.84. The Labute approximate surface area is 379 Å². The van der Waals surface area contributed by atoms with Gasteiger partial charge in [0.2, 0.25) is 8.07 Å². The van der Waals surface area contributed by atoms with E-state index in [-0.39, 0.29) is 0 Å². The van der Waals surface area contributed by atoms with Crippen molar-refractivity contribution < 1.29 is 8.83 Å². The third-order valence-electron chi connectivity index (χ3n) is 13.3. The van der Waals surface area contributed by atoms with E-state index >= 15 is 0 Å². The van der Waals surface area contributed by atoms with E-state index in [2.05, 4.69) is 165 Å². The summed E-state index contributed by atoms with van der Waals surface area (Å²) in [5.41, 5.74) is 12.6. The van der Waals surface area contributed by atoms with Gasteiger partial charge in [-0.3, -0.25) is 0 Å². The zero-order chi connectivity index (χ0) is 43.9. The molecule has 5 nitrogen and oxygen atoms in total. The van der Waals surface area contributed by atoms with E-state index in [0.717, 1.165) is 109 Å². The van der Waals surface area contributed by atoms with Gasteiger partial charge < -0.3 is 13.4 Å². The standard InChI is InChI=1S/C60H33N3O2Si/c1-61-38-24-28-54-50(34-38)51-35-39(62-2)25-29-55(51)63(54)60-48-20-8-6-16-43(48)45(44-17-7-9-21-49(44)60)32-33-66(40-14-4-3-5-15-40,41-26-30-58-52(36-41)46-18-10-12-22-56(46)64-58)42-27-31-59-53(37-42)47-19-11-13-23-57(47)65-59/h3-31,34-37H. The van der Waals surface area contributed by atoms with Crippen molar-refractivity contribution in [2.75, 3.05) is 0 Å². The number of hydrogen-bond donors (Lipinski definition) is 0. The second-order valence-electron chi connectivity index (χ2n) is 16.8. The van der Waals surface area contributed by atoms with Crippen molar-refractivity contribution in [3.63, 3.8) is 0 Å². The summed E-state index contributed by atoms with van der Waals surface area (Å²) in [7, 11) is -3.29. The minimum absolute atomic E-state index is 0.557. The molecule has 13 aromatic rings. The van der Waals surface area contributed by atoms with Gasteiger partial charge in [0.1, 0.15) is 22.3 Å². The van der Waals surface area contributed by atoms with Gasteiger partial charge >= 0.3 is 0 Å². The molecule has 0 bridgehead atoms. The average Bonchev–Trinajstić information content (AvgIpc) is 4.05. The lowest BCUT2D eigenvalue weighted by Crippen LogP contribution is -2.66. The van der Waals surface area contributed by atoms with Crippen molar-refractivity contribution in [3.8, 4) is 17.2 Å². The molecule has 304 valence electrons. The van der Waals surface area contributed by atoms with Crippen LogP contribution in [0.4, 0.5) is 11.4 Å². The van der Waals surface area contributed by atoms with Crippen LogP contribution in [0.1, 0.15) is 5.56 Å². The van der Waals surface area contributed by atoms with Crippen LogP contribution in [-0.2, 0) is 0 Å². The molecule has 0 saturated heterocycles. The largest absolute Gasteiger partial charge is 0.456 e. The number of nitrogens with zero attached hydrogens (tertiary/aromatic N) is 3. The fraction of sp³-hybridized carbons (Fsp3) is 0. The first-order valence-corrected chi connectivity index (χ1v) is 23.8. The molecule has 10 aromatic carbocycles. The first-order valence-electron chi connectivity index (χ1n) is 21.8. The molecule has 3 aromatic heterocycles. The molecule has 13 rings (SSSR count). The summed E-state index contributed by atoms with van der Waals surface area (Å²) in [5, 5.41) is 13.8. The van der Waals surface area contributed by atoms with Crippen LogP contribution in [0.5, 0.6) is 0 Å². The molecule has 0 spiro atoms. The third-order valence-corrected chi connectivity index (χ3v) is 17.4. The van der Waals surface area contributed by atoms with Gasteiger partial charge in [-0.15, -0.1) is 5.54 Å². The quantitative estimate of drug-likeness (QED) is 0.0582. The SMILES string of the molecule is [C-]#[N+]c1ccc2c(c1)c1cc([N+]#[C-])ccc1n2-c1c2ccccc2c(C#C[Si](c2ccccc2)(c2ccc3oc4ccccc4c3c2)c2ccc3oc4ccccc4c3c2)c2ccccc12. The van der Waals surface area contributed by atoms with Crippen LogP contribution in [-0.4, -0.2) is 12.6 Å². The first kappa shape index (κ1) is 37.4. The molecule has 0 unspecified atom stereocenters. The average molecular weight is 856 g/mol. The zero-order valence-corrected chi connectivity index (χ0v) is 36.2. The summed E-state index contributed by atoms with van der Waals surface area (Å²) in [6, 6.07) is 69.6. The van der Waals surface area contributed by atoms with Crippen molar-refractivity contribution in [1.29, 1.82) is 0 Å². The molecule has 0 fully saturated rings.